The van der Waals surface area contributed by atoms with E-state index in [0.29, 0.717) is 46.8 Å². The second kappa shape index (κ2) is 15.0. The third kappa shape index (κ3) is 8.82. The molecule has 218 valence electrons. The number of amides is 2. The van der Waals surface area contributed by atoms with E-state index in [1.807, 2.05) is 0 Å². The summed E-state index contributed by atoms with van der Waals surface area (Å²) in [6.07, 6.45) is 4.28. The van der Waals surface area contributed by atoms with Crippen molar-refractivity contribution in [2.75, 3.05) is 38.1 Å². The first kappa shape index (κ1) is 30.6. The molecule has 1 aliphatic heterocycles. The molecule has 0 saturated carbocycles. The molecule has 0 atom stereocenters. The normalized spacial score (nSPS) is 14.2. The van der Waals surface area contributed by atoms with Gasteiger partial charge in [-0.1, -0.05) is 37.6 Å². The maximum Gasteiger partial charge on any atom is 0.255 e. The van der Waals surface area contributed by atoms with E-state index in [4.69, 9.17) is 16.3 Å². The first-order chi connectivity index (χ1) is 19.8. The fraction of sp³-hybridized carbons (Fsp3) is 0.412. The van der Waals surface area contributed by atoms with Crippen LogP contribution in [-0.2, 0) is 0 Å². The van der Waals surface area contributed by atoms with Gasteiger partial charge in [-0.2, -0.15) is 0 Å². The predicted octanol–water partition coefficient (Wildman–Crippen LogP) is 7.50. The molecule has 6 nitrogen and oxygen atoms in total. The van der Waals surface area contributed by atoms with Crippen molar-refractivity contribution in [3.05, 3.63) is 94.0 Å². The van der Waals surface area contributed by atoms with Crippen LogP contribution in [0.5, 0.6) is 5.75 Å². The quantitative estimate of drug-likeness (QED) is 0.219. The van der Waals surface area contributed by atoms with Crippen LogP contribution in [0.15, 0.2) is 66.7 Å². The number of carbonyl (C=O) groups is 2. The zero-order chi connectivity index (χ0) is 29.2. The van der Waals surface area contributed by atoms with Gasteiger partial charge in [0, 0.05) is 28.4 Å². The van der Waals surface area contributed by atoms with Crippen molar-refractivity contribution in [3.63, 3.8) is 0 Å². The summed E-state index contributed by atoms with van der Waals surface area (Å²) >= 11 is 5.88. The summed E-state index contributed by atoms with van der Waals surface area (Å²) in [6.45, 7) is 11.1. The summed E-state index contributed by atoms with van der Waals surface area (Å²) in [4.78, 5) is 27.5. The highest BCUT2D eigenvalue weighted by atomic mass is 35.5. The molecule has 0 spiro atoms. The largest absolute Gasteiger partial charge is 0.494 e. The Morgan fingerprint density at radius 3 is 2.24 bits per heavy atom. The Kier molecular flexibility index (Phi) is 11.2. The molecule has 3 aromatic rings. The summed E-state index contributed by atoms with van der Waals surface area (Å²) in [7, 11) is 0. The van der Waals surface area contributed by atoms with Crippen LogP contribution in [0.25, 0.3) is 0 Å². The molecule has 1 aliphatic rings. The topological polar surface area (TPSA) is 70.7 Å². The van der Waals surface area contributed by atoms with E-state index in [1.54, 1.807) is 48.5 Å². The second-order valence-electron chi connectivity index (χ2n) is 11.0. The van der Waals surface area contributed by atoms with Gasteiger partial charge in [-0.05, 0) is 130 Å². The highest BCUT2D eigenvalue weighted by Gasteiger charge is 2.23. The van der Waals surface area contributed by atoms with Gasteiger partial charge in [0.2, 0.25) is 0 Å². The number of hydrogen-bond acceptors (Lipinski definition) is 4. The van der Waals surface area contributed by atoms with E-state index in [0.717, 1.165) is 51.1 Å². The molecule has 0 bridgehead atoms. The number of piperidine rings is 1. The Morgan fingerprint density at radius 1 is 0.927 bits per heavy atom. The Bertz CT molecular complexity index is 1280. The lowest BCUT2D eigenvalue weighted by atomic mass is 9.87. The molecule has 1 fully saturated rings. The van der Waals surface area contributed by atoms with Crippen molar-refractivity contribution >= 4 is 29.1 Å². The van der Waals surface area contributed by atoms with Gasteiger partial charge < -0.3 is 20.3 Å². The second-order valence-corrected chi connectivity index (χ2v) is 11.4. The zero-order valence-electron chi connectivity index (χ0n) is 24.4. The molecule has 2 amide bonds. The molecule has 4 rings (SSSR count). The van der Waals surface area contributed by atoms with Crippen LogP contribution >= 0.6 is 11.6 Å². The molecule has 3 aromatic carbocycles. The standard InChI is InChI=1S/C34H42ClN3O3/c1-4-41-32-23-28(24(2)3)11-16-31(32)25-17-21-38(22-18-25)20-6-5-19-36-33(39)26-9-14-30(15-10-26)37-34(40)27-7-12-29(35)13-8-27/h7-16,23-25H,4-6,17-22H2,1-3H3,(H,36,39)(H,37,40). The van der Waals surface area contributed by atoms with E-state index >= 15 is 0 Å². The average Bonchev–Trinajstić information content (AvgIpc) is 2.98. The van der Waals surface area contributed by atoms with Crippen LogP contribution in [0, 0.1) is 0 Å². The van der Waals surface area contributed by atoms with Crippen LogP contribution < -0.4 is 15.4 Å². The number of carbonyl (C=O) groups excluding carboxylic acids is 2. The summed E-state index contributed by atoms with van der Waals surface area (Å²) in [6, 6.07) is 20.4. The minimum absolute atomic E-state index is 0.102. The van der Waals surface area contributed by atoms with Gasteiger partial charge in [0.1, 0.15) is 5.75 Å². The van der Waals surface area contributed by atoms with Gasteiger partial charge in [0.05, 0.1) is 6.61 Å². The first-order valence-corrected chi connectivity index (χ1v) is 15.2. The van der Waals surface area contributed by atoms with Crippen LogP contribution in [-0.4, -0.2) is 49.5 Å². The highest BCUT2D eigenvalue weighted by molar-refractivity contribution is 6.30. The Hall–Kier alpha value is -3.35. The van der Waals surface area contributed by atoms with Crippen molar-refractivity contribution in [2.45, 2.75) is 58.3 Å². The maximum absolute atomic E-state index is 12.6. The molecule has 7 heteroatoms. The molecule has 1 saturated heterocycles. The number of hydrogen-bond donors (Lipinski definition) is 2. The smallest absolute Gasteiger partial charge is 0.255 e. The fourth-order valence-corrected chi connectivity index (χ4v) is 5.40. The molecular weight excluding hydrogens is 534 g/mol. The molecule has 0 unspecified atom stereocenters. The zero-order valence-corrected chi connectivity index (χ0v) is 25.2. The van der Waals surface area contributed by atoms with Crippen LogP contribution in [0.2, 0.25) is 5.02 Å². The molecule has 1 heterocycles. The Morgan fingerprint density at radius 2 is 1.59 bits per heavy atom. The Balaban J connectivity index is 1.14. The number of benzene rings is 3. The van der Waals surface area contributed by atoms with Crippen LogP contribution in [0.1, 0.15) is 90.1 Å². The van der Waals surface area contributed by atoms with Crippen molar-refractivity contribution in [1.29, 1.82) is 0 Å². The maximum atomic E-state index is 12.6. The molecule has 0 aliphatic carbocycles. The van der Waals surface area contributed by atoms with Gasteiger partial charge in [-0.3, -0.25) is 9.59 Å². The van der Waals surface area contributed by atoms with Gasteiger partial charge in [-0.15, -0.1) is 0 Å². The monoisotopic (exact) mass is 575 g/mol. The summed E-state index contributed by atoms with van der Waals surface area (Å²) < 4.78 is 6.02. The molecule has 2 N–H and O–H groups in total. The fourth-order valence-electron chi connectivity index (χ4n) is 5.27. The minimum atomic E-state index is -0.223. The predicted molar refractivity (Wildman–Crippen MR) is 168 cm³/mol. The number of rotatable bonds is 12. The lowest BCUT2D eigenvalue weighted by Crippen LogP contribution is -2.34. The number of nitrogens with one attached hydrogen (secondary N) is 2. The van der Waals surface area contributed by atoms with Crippen LogP contribution in [0.4, 0.5) is 5.69 Å². The highest BCUT2D eigenvalue weighted by Crippen LogP contribution is 2.36. The number of unbranched alkanes of at least 4 members (excludes halogenated alkanes) is 1. The third-order valence-corrected chi connectivity index (χ3v) is 7.98. The average molecular weight is 576 g/mol. The van der Waals surface area contributed by atoms with Gasteiger partial charge in [0.25, 0.3) is 11.8 Å². The van der Waals surface area contributed by atoms with E-state index in [9.17, 15) is 9.59 Å². The number of likely N-dealkylation sites (tertiary alicyclic amines) is 1. The number of ether oxygens (including phenoxy) is 1. The third-order valence-electron chi connectivity index (χ3n) is 7.73. The molecule has 41 heavy (non-hydrogen) atoms. The minimum Gasteiger partial charge on any atom is -0.494 e. The van der Waals surface area contributed by atoms with Gasteiger partial charge in [0.15, 0.2) is 0 Å². The Labute approximate surface area is 249 Å². The number of anilines is 1. The molecular formula is C34H42ClN3O3. The first-order valence-electron chi connectivity index (χ1n) is 14.8. The van der Waals surface area contributed by atoms with Crippen molar-refractivity contribution < 1.29 is 14.3 Å². The lowest BCUT2D eigenvalue weighted by Gasteiger charge is -2.33. The van der Waals surface area contributed by atoms with E-state index in [1.165, 1.54) is 11.1 Å². The van der Waals surface area contributed by atoms with E-state index in [2.05, 4.69) is 54.5 Å². The van der Waals surface area contributed by atoms with Gasteiger partial charge >= 0.3 is 0 Å². The number of nitrogens with zero attached hydrogens (tertiary/aromatic N) is 1. The molecule has 0 aromatic heterocycles. The SMILES string of the molecule is CCOc1cc(C(C)C)ccc1C1CCN(CCCCNC(=O)c2ccc(NC(=O)c3ccc(Cl)cc3)cc2)CC1. The van der Waals surface area contributed by atoms with Crippen molar-refractivity contribution in [2.24, 2.45) is 0 Å². The summed E-state index contributed by atoms with van der Waals surface area (Å²) in [5, 5.41) is 6.43. The van der Waals surface area contributed by atoms with Gasteiger partial charge in [-0.25, -0.2) is 0 Å². The lowest BCUT2D eigenvalue weighted by molar-refractivity contribution is 0.0951. The van der Waals surface area contributed by atoms with Crippen molar-refractivity contribution in [1.82, 2.24) is 10.2 Å². The van der Waals surface area contributed by atoms with Crippen LogP contribution in [0.3, 0.4) is 0 Å². The number of halogens is 1. The van der Waals surface area contributed by atoms with Crippen molar-refractivity contribution in [3.8, 4) is 5.75 Å². The van der Waals surface area contributed by atoms with E-state index < -0.39 is 0 Å². The van der Waals surface area contributed by atoms with E-state index in [-0.39, 0.29) is 11.8 Å². The molecule has 0 radical (unpaired) electrons. The summed E-state index contributed by atoms with van der Waals surface area (Å²) in [5.41, 5.74) is 4.41. The summed E-state index contributed by atoms with van der Waals surface area (Å²) in [5.74, 6) is 1.78.